The zero-order chi connectivity index (χ0) is 15.2. The van der Waals surface area contributed by atoms with Crippen LogP contribution in [0.4, 0.5) is 4.39 Å². The minimum absolute atomic E-state index is 0.0512. The average Bonchev–Trinajstić information content (AvgIpc) is 2.46. The van der Waals surface area contributed by atoms with E-state index < -0.39 is 5.82 Å². The van der Waals surface area contributed by atoms with Gasteiger partial charge in [0.2, 0.25) is 0 Å². The first-order valence-corrected chi connectivity index (χ1v) is 7.90. The molecule has 0 radical (unpaired) electrons. The Morgan fingerprint density at radius 3 is 2.81 bits per heavy atom. The first kappa shape index (κ1) is 16.3. The SMILES string of the molecule is CCCNCc1cc(Br)ccc1Oc1cccc(Cl)c1F. The molecule has 0 aromatic heterocycles. The summed E-state index contributed by atoms with van der Waals surface area (Å²) in [5, 5.41) is 3.36. The van der Waals surface area contributed by atoms with Gasteiger partial charge in [-0.3, -0.25) is 0 Å². The smallest absolute Gasteiger partial charge is 0.184 e. The summed E-state index contributed by atoms with van der Waals surface area (Å²) in [7, 11) is 0. The highest BCUT2D eigenvalue weighted by molar-refractivity contribution is 9.10. The van der Waals surface area contributed by atoms with Gasteiger partial charge < -0.3 is 10.1 Å². The van der Waals surface area contributed by atoms with Crippen LogP contribution >= 0.6 is 27.5 Å². The van der Waals surface area contributed by atoms with Crippen molar-refractivity contribution < 1.29 is 9.13 Å². The number of hydrogen-bond donors (Lipinski definition) is 1. The summed E-state index contributed by atoms with van der Waals surface area (Å²) in [5.41, 5.74) is 0.956. The van der Waals surface area contributed by atoms with Crippen molar-refractivity contribution in [2.24, 2.45) is 0 Å². The summed E-state index contributed by atoms with van der Waals surface area (Å²) in [6, 6.07) is 10.4. The maximum Gasteiger partial charge on any atom is 0.184 e. The Labute approximate surface area is 137 Å². The maximum atomic E-state index is 13.9. The van der Waals surface area contributed by atoms with Gasteiger partial charge in [0, 0.05) is 16.6 Å². The Morgan fingerprint density at radius 1 is 1.24 bits per heavy atom. The van der Waals surface area contributed by atoms with Crippen LogP contribution in [-0.4, -0.2) is 6.54 Å². The molecule has 0 saturated heterocycles. The maximum absolute atomic E-state index is 13.9. The molecule has 0 aliphatic heterocycles. The monoisotopic (exact) mass is 371 g/mol. The van der Waals surface area contributed by atoms with E-state index in [2.05, 4.69) is 28.2 Å². The summed E-state index contributed by atoms with van der Waals surface area (Å²) in [6.07, 6.45) is 1.05. The standard InChI is InChI=1S/C16H16BrClFNO/c1-2-8-20-10-11-9-12(17)6-7-14(11)21-15-5-3-4-13(18)16(15)19/h3-7,9,20H,2,8,10H2,1H3. The van der Waals surface area contributed by atoms with Crippen LogP contribution in [0.1, 0.15) is 18.9 Å². The predicted molar refractivity (Wildman–Crippen MR) is 87.6 cm³/mol. The Balaban J connectivity index is 2.24. The van der Waals surface area contributed by atoms with Gasteiger partial charge in [-0.2, -0.15) is 0 Å². The van der Waals surface area contributed by atoms with Crippen LogP contribution in [0.15, 0.2) is 40.9 Å². The summed E-state index contributed by atoms with van der Waals surface area (Å²) in [4.78, 5) is 0. The first-order chi connectivity index (χ1) is 10.1. The van der Waals surface area contributed by atoms with Crippen LogP contribution in [0, 0.1) is 5.82 Å². The van der Waals surface area contributed by atoms with E-state index in [9.17, 15) is 4.39 Å². The third kappa shape index (κ3) is 4.43. The number of rotatable bonds is 6. The summed E-state index contributed by atoms with van der Waals surface area (Å²) in [5.74, 6) is 0.194. The summed E-state index contributed by atoms with van der Waals surface area (Å²) >= 11 is 9.21. The van der Waals surface area contributed by atoms with E-state index in [-0.39, 0.29) is 10.8 Å². The molecule has 0 atom stereocenters. The van der Waals surface area contributed by atoms with Gasteiger partial charge in [0.15, 0.2) is 11.6 Å². The van der Waals surface area contributed by atoms with Gasteiger partial charge in [-0.1, -0.05) is 40.5 Å². The Hall–Kier alpha value is -1.10. The predicted octanol–water partition coefficient (Wildman–Crippen LogP) is 5.53. The van der Waals surface area contributed by atoms with Gasteiger partial charge >= 0.3 is 0 Å². The second kappa shape index (κ2) is 7.78. The molecule has 112 valence electrons. The molecule has 2 aromatic rings. The zero-order valence-electron chi connectivity index (χ0n) is 11.6. The molecule has 0 heterocycles. The number of halogens is 3. The van der Waals surface area contributed by atoms with E-state index in [4.69, 9.17) is 16.3 Å². The average molecular weight is 373 g/mol. The van der Waals surface area contributed by atoms with Crippen LogP contribution < -0.4 is 10.1 Å². The van der Waals surface area contributed by atoms with Gasteiger partial charge in [0.1, 0.15) is 5.75 Å². The van der Waals surface area contributed by atoms with E-state index in [1.807, 2.05) is 18.2 Å². The van der Waals surface area contributed by atoms with Crippen molar-refractivity contribution in [1.82, 2.24) is 5.32 Å². The lowest BCUT2D eigenvalue weighted by atomic mass is 10.2. The van der Waals surface area contributed by atoms with Gasteiger partial charge in [-0.15, -0.1) is 0 Å². The van der Waals surface area contributed by atoms with Gasteiger partial charge in [0.25, 0.3) is 0 Å². The number of benzene rings is 2. The molecule has 0 amide bonds. The first-order valence-electron chi connectivity index (χ1n) is 6.73. The molecule has 0 unspecified atom stereocenters. The van der Waals surface area contributed by atoms with E-state index in [1.165, 1.54) is 6.07 Å². The van der Waals surface area contributed by atoms with E-state index in [1.54, 1.807) is 12.1 Å². The Bertz CT molecular complexity index is 621. The van der Waals surface area contributed by atoms with Crippen LogP contribution in [0.25, 0.3) is 0 Å². The van der Waals surface area contributed by atoms with E-state index >= 15 is 0 Å². The summed E-state index contributed by atoms with van der Waals surface area (Å²) < 4.78 is 20.6. The fourth-order valence-corrected chi connectivity index (χ4v) is 2.44. The highest BCUT2D eigenvalue weighted by Crippen LogP contribution is 2.32. The van der Waals surface area contributed by atoms with Crippen molar-refractivity contribution in [1.29, 1.82) is 0 Å². The van der Waals surface area contributed by atoms with E-state index in [0.29, 0.717) is 12.3 Å². The van der Waals surface area contributed by atoms with Gasteiger partial charge in [-0.05, 0) is 43.3 Å². The second-order valence-corrected chi connectivity index (χ2v) is 5.91. The van der Waals surface area contributed by atoms with E-state index in [0.717, 1.165) is 23.0 Å². The molecule has 0 aliphatic carbocycles. The van der Waals surface area contributed by atoms with Crippen molar-refractivity contribution in [3.63, 3.8) is 0 Å². The number of ether oxygens (including phenoxy) is 1. The van der Waals surface area contributed by atoms with Crippen molar-refractivity contribution in [2.75, 3.05) is 6.54 Å². The second-order valence-electron chi connectivity index (χ2n) is 4.58. The highest BCUT2D eigenvalue weighted by Gasteiger charge is 2.11. The molecular formula is C16H16BrClFNO. The highest BCUT2D eigenvalue weighted by atomic mass is 79.9. The molecule has 0 saturated carbocycles. The van der Waals surface area contributed by atoms with Crippen molar-refractivity contribution in [2.45, 2.75) is 19.9 Å². The van der Waals surface area contributed by atoms with Gasteiger partial charge in [-0.25, -0.2) is 4.39 Å². The number of nitrogens with one attached hydrogen (secondary N) is 1. The third-order valence-electron chi connectivity index (χ3n) is 2.90. The zero-order valence-corrected chi connectivity index (χ0v) is 14.0. The largest absolute Gasteiger partial charge is 0.454 e. The normalized spacial score (nSPS) is 10.7. The lowest BCUT2D eigenvalue weighted by Gasteiger charge is -2.13. The van der Waals surface area contributed by atoms with Crippen LogP contribution in [0.5, 0.6) is 11.5 Å². The van der Waals surface area contributed by atoms with Gasteiger partial charge in [0.05, 0.1) is 5.02 Å². The minimum atomic E-state index is -0.547. The molecule has 2 nitrogen and oxygen atoms in total. The molecule has 0 fully saturated rings. The molecule has 0 spiro atoms. The Kier molecular flexibility index (Phi) is 6.03. The minimum Gasteiger partial charge on any atom is -0.454 e. The molecule has 2 rings (SSSR count). The fraction of sp³-hybridized carbons (Fsp3) is 0.250. The van der Waals surface area contributed by atoms with Crippen LogP contribution in [-0.2, 0) is 6.54 Å². The molecule has 0 bridgehead atoms. The molecular weight excluding hydrogens is 357 g/mol. The van der Waals surface area contributed by atoms with Crippen LogP contribution in [0.2, 0.25) is 5.02 Å². The topological polar surface area (TPSA) is 21.3 Å². The molecule has 21 heavy (non-hydrogen) atoms. The molecule has 2 aromatic carbocycles. The fourth-order valence-electron chi connectivity index (χ4n) is 1.87. The molecule has 0 aliphatic rings. The quantitative estimate of drug-likeness (QED) is 0.673. The lowest BCUT2D eigenvalue weighted by Crippen LogP contribution is -2.14. The lowest BCUT2D eigenvalue weighted by molar-refractivity contribution is 0.436. The van der Waals surface area contributed by atoms with Crippen molar-refractivity contribution in [3.8, 4) is 11.5 Å². The molecule has 5 heteroatoms. The Morgan fingerprint density at radius 2 is 2.05 bits per heavy atom. The number of hydrogen-bond acceptors (Lipinski definition) is 2. The molecule has 1 N–H and O–H groups in total. The summed E-state index contributed by atoms with van der Waals surface area (Å²) in [6.45, 7) is 3.68. The van der Waals surface area contributed by atoms with Crippen molar-refractivity contribution in [3.05, 3.63) is 57.3 Å². The van der Waals surface area contributed by atoms with Crippen molar-refractivity contribution >= 4 is 27.5 Å². The third-order valence-corrected chi connectivity index (χ3v) is 3.69. The van der Waals surface area contributed by atoms with Crippen LogP contribution in [0.3, 0.4) is 0 Å².